The molecule has 8 nitrogen and oxygen atoms in total. The summed E-state index contributed by atoms with van der Waals surface area (Å²) in [6, 6.07) is 10.8. The molecular weight excluding hydrogens is 332 g/mol. The average molecular weight is 350 g/mol. The SMILES string of the molecule is CCn1nc2n(c1=O)CCN(C(=O)c1ncccn1)C2c1ccccc1. The van der Waals surface area contributed by atoms with Gasteiger partial charge in [0, 0.05) is 32.0 Å². The molecule has 1 aliphatic heterocycles. The fourth-order valence-corrected chi connectivity index (χ4v) is 3.27. The van der Waals surface area contributed by atoms with E-state index in [2.05, 4.69) is 15.1 Å². The highest BCUT2D eigenvalue weighted by Crippen LogP contribution is 2.30. The maximum atomic E-state index is 13.0. The summed E-state index contributed by atoms with van der Waals surface area (Å²) in [4.78, 5) is 35.4. The first kappa shape index (κ1) is 16.2. The van der Waals surface area contributed by atoms with Gasteiger partial charge in [0.05, 0.1) is 0 Å². The summed E-state index contributed by atoms with van der Waals surface area (Å²) in [5.41, 5.74) is 0.748. The fourth-order valence-electron chi connectivity index (χ4n) is 3.27. The van der Waals surface area contributed by atoms with Gasteiger partial charge in [-0.3, -0.25) is 9.36 Å². The first-order valence-electron chi connectivity index (χ1n) is 8.51. The number of benzene rings is 1. The van der Waals surface area contributed by atoms with Crippen LogP contribution in [0.5, 0.6) is 0 Å². The number of aromatic nitrogens is 5. The van der Waals surface area contributed by atoms with Crippen molar-refractivity contribution in [1.29, 1.82) is 0 Å². The van der Waals surface area contributed by atoms with Gasteiger partial charge in [0.25, 0.3) is 5.91 Å². The number of rotatable bonds is 3. The summed E-state index contributed by atoms with van der Waals surface area (Å²) in [6.07, 6.45) is 3.09. The van der Waals surface area contributed by atoms with Crippen molar-refractivity contribution in [3.8, 4) is 0 Å². The van der Waals surface area contributed by atoms with Crippen molar-refractivity contribution in [1.82, 2.24) is 29.2 Å². The van der Waals surface area contributed by atoms with E-state index >= 15 is 0 Å². The van der Waals surface area contributed by atoms with Crippen LogP contribution in [0.2, 0.25) is 0 Å². The number of fused-ring (bicyclic) bond motifs is 1. The van der Waals surface area contributed by atoms with Gasteiger partial charge in [0.1, 0.15) is 6.04 Å². The Hall–Kier alpha value is -3.29. The van der Waals surface area contributed by atoms with Gasteiger partial charge in [-0.15, -0.1) is 0 Å². The number of hydrogen-bond acceptors (Lipinski definition) is 5. The van der Waals surface area contributed by atoms with E-state index in [1.807, 2.05) is 37.3 Å². The van der Waals surface area contributed by atoms with E-state index in [1.165, 1.54) is 4.68 Å². The average Bonchev–Trinajstić information content (AvgIpc) is 3.04. The zero-order valence-electron chi connectivity index (χ0n) is 14.3. The van der Waals surface area contributed by atoms with Crippen LogP contribution in [0.15, 0.2) is 53.6 Å². The molecule has 3 aromatic rings. The molecule has 0 radical (unpaired) electrons. The molecule has 132 valence electrons. The molecule has 1 amide bonds. The lowest BCUT2D eigenvalue weighted by atomic mass is 10.0. The Labute approximate surface area is 149 Å². The molecule has 1 unspecified atom stereocenters. The van der Waals surface area contributed by atoms with Gasteiger partial charge in [0.15, 0.2) is 5.82 Å². The lowest BCUT2D eigenvalue weighted by Crippen LogP contribution is -2.45. The van der Waals surface area contributed by atoms with E-state index in [-0.39, 0.29) is 17.4 Å². The molecule has 2 aromatic heterocycles. The maximum absolute atomic E-state index is 13.0. The van der Waals surface area contributed by atoms with E-state index in [9.17, 15) is 9.59 Å². The molecular formula is C18H18N6O2. The molecule has 0 saturated heterocycles. The van der Waals surface area contributed by atoms with E-state index in [1.54, 1.807) is 27.9 Å². The van der Waals surface area contributed by atoms with Crippen molar-refractivity contribution in [3.63, 3.8) is 0 Å². The number of carbonyl (C=O) groups excluding carboxylic acids is 1. The van der Waals surface area contributed by atoms with Gasteiger partial charge >= 0.3 is 5.69 Å². The minimum Gasteiger partial charge on any atom is -0.320 e. The van der Waals surface area contributed by atoms with Gasteiger partial charge < -0.3 is 4.90 Å². The van der Waals surface area contributed by atoms with Crippen molar-refractivity contribution in [3.05, 3.63) is 76.5 Å². The third-order valence-corrected chi connectivity index (χ3v) is 4.50. The van der Waals surface area contributed by atoms with Crippen molar-refractivity contribution < 1.29 is 4.79 Å². The van der Waals surface area contributed by atoms with Crippen LogP contribution in [0, 0.1) is 0 Å². The van der Waals surface area contributed by atoms with Crippen LogP contribution in [-0.4, -0.2) is 41.7 Å². The lowest BCUT2D eigenvalue weighted by Gasteiger charge is -2.34. The normalized spacial score (nSPS) is 16.3. The summed E-state index contributed by atoms with van der Waals surface area (Å²) < 4.78 is 3.08. The molecule has 0 fully saturated rings. The van der Waals surface area contributed by atoms with E-state index < -0.39 is 6.04 Å². The highest BCUT2D eigenvalue weighted by Gasteiger charge is 2.36. The van der Waals surface area contributed by atoms with Gasteiger partial charge in [-0.05, 0) is 18.6 Å². The Morgan fingerprint density at radius 2 is 1.85 bits per heavy atom. The number of aryl methyl sites for hydroxylation is 1. The molecule has 0 spiro atoms. The van der Waals surface area contributed by atoms with Crippen LogP contribution in [-0.2, 0) is 13.1 Å². The number of carbonyl (C=O) groups is 1. The van der Waals surface area contributed by atoms with E-state index in [0.717, 1.165) is 5.56 Å². The molecule has 0 N–H and O–H groups in total. The topological polar surface area (TPSA) is 85.9 Å². The summed E-state index contributed by atoms with van der Waals surface area (Å²) >= 11 is 0. The Kier molecular flexibility index (Phi) is 4.08. The van der Waals surface area contributed by atoms with Crippen molar-refractivity contribution in [2.45, 2.75) is 26.1 Å². The molecule has 3 heterocycles. The molecule has 26 heavy (non-hydrogen) atoms. The monoisotopic (exact) mass is 350 g/mol. The predicted molar refractivity (Wildman–Crippen MR) is 93.5 cm³/mol. The van der Waals surface area contributed by atoms with Crippen LogP contribution in [0.4, 0.5) is 0 Å². The third-order valence-electron chi connectivity index (χ3n) is 4.50. The summed E-state index contributed by atoms with van der Waals surface area (Å²) in [6.45, 7) is 3.14. The Morgan fingerprint density at radius 3 is 2.54 bits per heavy atom. The Morgan fingerprint density at radius 1 is 1.12 bits per heavy atom. The molecule has 0 bridgehead atoms. The van der Waals surface area contributed by atoms with Gasteiger partial charge in [-0.2, -0.15) is 5.10 Å². The van der Waals surface area contributed by atoms with Crippen LogP contribution in [0.1, 0.15) is 35.0 Å². The second-order valence-corrected chi connectivity index (χ2v) is 5.99. The molecule has 4 rings (SSSR count). The lowest BCUT2D eigenvalue weighted by molar-refractivity contribution is 0.0644. The predicted octanol–water partition coefficient (Wildman–Crippen LogP) is 1.10. The van der Waals surface area contributed by atoms with Crippen LogP contribution < -0.4 is 5.69 Å². The molecule has 0 aliphatic carbocycles. The highest BCUT2D eigenvalue weighted by atomic mass is 16.2. The zero-order chi connectivity index (χ0) is 18.1. The van der Waals surface area contributed by atoms with Gasteiger partial charge in [-0.25, -0.2) is 19.4 Å². The minimum atomic E-state index is -0.457. The second kappa shape index (κ2) is 6.55. The standard InChI is InChI=1S/C18H18N6O2/c1-2-24-18(26)23-12-11-22(17(25)15-19-9-6-10-20-15)14(16(23)21-24)13-7-4-3-5-8-13/h3-10,14H,2,11-12H2,1H3. The van der Waals surface area contributed by atoms with Crippen molar-refractivity contribution in [2.75, 3.05) is 6.54 Å². The zero-order valence-corrected chi connectivity index (χ0v) is 14.3. The highest BCUT2D eigenvalue weighted by molar-refractivity contribution is 5.91. The van der Waals surface area contributed by atoms with Crippen LogP contribution >= 0.6 is 0 Å². The Balaban J connectivity index is 1.84. The second-order valence-electron chi connectivity index (χ2n) is 5.99. The number of hydrogen-bond donors (Lipinski definition) is 0. The molecule has 0 saturated carbocycles. The maximum Gasteiger partial charge on any atom is 0.346 e. The first-order valence-corrected chi connectivity index (χ1v) is 8.51. The van der Waals surface area contributed by atoms with Crippen molar-refractivity contribution in [2.24, 2.45) is 0 Å². The summed E-state index contributed by atoms with van der Waals surface area (Å²) in [5.74, 6) is 0.432. The number of nitrogens with zero attached hydrogens (tertiary/aromatic N) is 6. The van der Waals surface area contributed by atoms with Crippen molar-refractivity contribution >= 4 is 5.91 Å². The van der Waals surface area contributed by atoms with E-state index in [4.69, 9.17) is 0 Å². The summed E-state index contributed by atoms with van der Waals surface area (Å²) in [5, 5.41) is 4.49. The van der Waals surface area contributed by atoms with Gasteiger partial charge in [-0.1, -0.05) is 30.3 Å². The van der Waals surface area contributed by atoms with Gasteiger partial charge in [0.2, 0.25) is 5.82 Å². The molecule has 1 atom stereocenters. The molecule has 1 aromatic carbocycles. The fraction of sp³-hybridized carbons (Fsp3) is 0.278. The minimum absolute atomic E-state index is 0.138. The Bertz CT molecular complexity index is 980. The largest absolute Gasteiger partial charge is 0.346 e. The first-order chi connectivity index (χ1) is 12.7. The smallest absolute Gasteiger partial charge is 0.320 e. The van der Waals surface area contributed by atoms with Crippen LogP contribution in [0.3, 0.4) is 0 Å². The third kappa shape index (κ3) is 2.59. The van der Waals surface area contributed by atoms with Crippen LogP contribution in [0.25, 0.3) is 0 Å². The van der Waals surface area contributed by atoms with E-state index in [0.29, 0.717) is 25.5 Å². The molecule has 1 aliphatic rings. The quantitative estimate of drug-likeness (QED) is 0.706. The number of amides is 1. The molecule has 8 heteroatoms. The summed E-state index contributed by atoms with van der Waals surface area (Å²) in [7, 11) is 0.